The maximum Gasteiger partial charge on any atom is 0.416 e. The van der Waals surface area contributed by atoms with E-state index in [1.807, 2.05) is 0 Å². The van der Waals surface area contributed by atoms with Gasteiger partial charge in [0.1, 0.15) is 6.54 Å². The Morgan fingerprint density at radius 3 is 2.42 bits per heavy atom. The number of esters is 1. The molecule has 1 amide bonds. The summed E-state index contributed by atoms with van der Waals surface area (Å²) < 4.78 is 68.8. The van der Waals surface area contributed by atoms with E-state index >= 15 is 0 Å². The first-order chi connectivity index (χ1) is 14.3. The molecule has 0 radical (unpaired) electrons. The molecule has 2 rings (SSSR count). The predicted molar refractivity (Wildman–Crippen MR) is 110 cm³/mol. The standard InChI is InChI=1S/C19H18ClF3N2O5S/c1-3-30-18(27)12-5-4-6-14(9-12)24-17(26)11-25(31(2,28)29)16-10-13(19(21,22)23)7-8-15(16)20/h4-10H,3,11H2,1-2H3,(H,24,26). The number of nitrogens with one attached hydrogen (secondary N) is 1. The van der Waals surface area contributed by atoms with Gasteiger partial charge in [-0.25, -0.2) is 13.2 Å². The van der Waals surface area contributed by atoms with E-state index in [9.17, 15) is 31.2 Å². The molecule has 0 heterocycles. The molecule has 1 N–H and O–H groups in total. The second-order valence-electron chi connectivity index (χ2n) is 6.28. The molecule has 0 fully saturated rings. The summed E-state index contributed by atoms with van der Waals surface area (Å²) in [5.41, 5.74) is -1.29. The van der Waals surface area contributed by atoms with Crippen molar-refractivity contribution in [2.24, 2.45) is 0 Å². The number of nitrogens with zero attached hydrogens (tertiary/aromatic N) is 1. The molecule has 0 saturated heterocycles. The predicted octanol–water partition coefficient (Wildman–Crippen LogP) is 3.94. The average molecular weight is 479 g/mol. The van der Waals surface area contributed by atoms with Crippen LogP contribution in [0.15, 0.2) is 42.5 Å². The molecule has 0 saturated carbocycles. The van der Waals surface area contributed by atoms with Gasteiger partial charge in [0.2, 0.25) is 15.9 Å². The Hall–Kier alpha value is -2.79. The number of sulfonamides is 1. The van der Waals surface area contributed by atoms with E-state index in [0.717, 1.165) is 12.3 Å². The van der Waals surface area contributed by atoms with E-state index in [-0.39, 0.29) is 22.9 Å². The van der Waals surface area contributed by atoms with Crippen LogP contribution in [0.4, 0.5) is 24.5 Å². The van der Waals surface area contributed by atoms with Crippen LogP contribution in [0.1, 0.15) is 22.8 Å². The van der Waals surface area contributed by atoms with Crippen molar-refractivity contribution >= 4 is 44.9 Å². The van der Waals surface area contributed by atoms with Crippen molar-refractivity contribution < 1.29 is 35.9 Å². The van der Waals surface area contributed by atoms with Crippen molar-refractivity contribution in [3.63, 3.8) is 0 Å². The molecular weight excluding hydrogens is 461 g/mol. The van der Waals surface area contributed by atoms with Crippen molar-refractivity contribution in [1.82, 2.24) is 0 Å². The van der Waals surface area contributed by atoms with Crippen LogP contribution in [0, 0.1) is 0 Å². The second kappa shape index (κ2) is 9.56. The van der Waals surface area contributed by atoms with Gasteiger partial charge in [-0.05, 0) is 43.3 Å². The molecule has 0 bridgehead atoms. The summed E-state index contributed by atoms with van der Waals surface area (Å²) >= 11 is 5.92. The Bertz CT molecular complexity index is 1090. The van der Waals surface area contributed by atoms with Gasteiger partial charge in [0, 0.05) is 5.69 Å². The fraction of sp³-hybridized carbons (Fsp3) is 0.263. The number of hydrogen-bond acceptors (Lipinski definition) is 5. The Kier molecular flexibility index (Phi) is 7.55. The number of benzene rings is 2. The van der Waals surface area contributed by atoms with Gasteiger partial charge in [-0.2, -0.15) is 13.2 Å². The topological polar surface area (TPSA) is 92.8 Å². The van der Waals surface area contributed by atoms with Gasteiger partial charge in [0.25, 0.3) is 0 Å². The molecular formula is C19H18ClF3N2O5S. The van der Waals surface area contributed by atoms with Crippen molar-refractivity contribution in [2.45, 2.75) is 13.1 Å². The quantitative estimate of drug-likeness (QED) is 0.608. The van der Waals surface area contributed by atoms with Gasteiger partial charge >= 0.3 is 12.1 Å². The average Bonchev–Trinajstić information content (AvgIpc) is 2.65. The highest BCUT2D eigenvalue weighted by Crippen LogP contribution is 2.36. The SMILES string of the molecule is CCOC(=O)c1cccc(NC(=O)CN(c2cc(C(F)(F)F)ccc2Cl)S(C)(=O)=O)c1. The first-order valence-electron chi connectivity index (χ1n) is 8.74. The van der Waals surface area contributed by atoms with Crippen LogP contribution >= 0.6 is 11.6 Å². The maximum atomic E-state index is 13.0. The van der Waals surface area contributed by atoms with Gasteiger partial charge in [0.15, 0.2) is 0 Å². The lowest BCUT2D eigenvalue weighted by atomic mass is 10.2. The van der Waals surface area contributed by atoms with Crippen LogP contribution < -0.4 is 9.62 Å². The fourth-order valence-corrected chi connectivity index (χ4v) is 3.66. The van der Waals surface area contributed by atoms with Crippen LogP contribution in [0.25, 0.3) is 0 Å². The normalized spacial score (nSPS) is 11.7. The van der Waals surface area contributed by atoms with Gasteiger partial charge < -0.3 is 10.1 Å². The van der Waals surface area contributed by atoms with Gasteiger partial charge in [-0.3, -0.25) is 9.10 Å². The van der Waals surface area contributed by atoms with Gasteiger partial charge in [0.05, 0.1) is 34.7 Å². The fourth-order valence-electron chi connectivity index (χ4n) is 2.53. The number of anilines is 2. The molecule has 0 aromatic heterocycles. The summed E-state index contributed by atoms with van der Waals surface area (Å²) in [6, 6.07) is 7.85. The minimum atomic E-state index is -4.74. The number of amides is 1. The zero-order valence-electron chi connectivity index (χ0n) is 16.4. The number of alkyl halides is 3. The van der Waals surface area contributed by atoms with Crippen LogP contribution in [0.2, 0.25) is 5.02 Å². The van der Waals surface area contributed by atoms with E-state index in [2.05, 4.69) is 5.32 Å². The van der Waals surface area contributed by atoms with E-state index in [1.165, 1.54) is 24.3 Å². The summed E-state index contributed by atoms with van der Waals surface area (Å²) in [4.78, 5) is 24.2. The zero-order chi connectivity index (χ0) is 23.4. The molecule has 2 aromatic rings. The summed E-state index contributed by atoms with van der Waals surface area (Å²) in [5, 5.41) is 2.12. The zero-order valence-corrected chi connectivity index (χ0v) is 17.9. The number of halogens is 4. The highest BCUT2D eigenvalue weighted by Gasteiger charge is 2.33. The lowest BCUT2D eigenvalue weighted by molar-refractivity contribution is -0.137. The Morgan fingerprint density at radius 1 is 1.16 bits per heavy atom. The molecule has 0 unspecified atom stereocenters. The van der Waals surface area contributed by atoms with Crippen molar-refractivity contribution in [3.8, 4) is 0 Å². The minimum Gasteiger partial charge on any atom is -0.462 e. The third-order valence-electron chi connectivity index (χ3n) is 3.89. The Balaban J connectivity index is 2.30. The number of hydrogen-bond donors (Lipinski definition) is 1. The van der Waals surface area contributed by atoms with Crippen LogP contribution in [-0.2, 0) is 25.7 Å². The molecule has 31 heavy (non-hydrogen) atoms. The molecule has 2 aromatic carbocycles. The monoisotopic (exact) mass is 478 g/mol. The summed E-state index contributed by atoms with van der Waals surface area (Å²) in [6.07, 6.45) is -4.00. The molecule has 0 aliphatic rings. The molecule has 0 aliphatic heterocycles. The summed E-state index contributed by atoms with van der Waals surface area (Å²) in [5.74, 6) is -1.48. The molecule has 7 nitrogen and oxygen atoms in total. The maximum absolute atomic E-state index is 13.0. The summed E-state index contributed by atoms with van der Waals surface area (Å²) in [6.45, 7) is 0.933. The molecule has 168 valence electrons. The largest absolute Gasteiger partial charge is 0.462 e. The van der Waals surface area contributed by atoms with Crippen LogP contribution in [0.3, 0.4) is 0 Å². The van der Waals surface area contributed by atoms with Gasteiger partial charge in [-0.1, -0.05) is 17.7 Å². The minimum absolute atomic E-state index is 0.149. The van der Waals surface area contributed by atoms with Gasteiger partial charge in [-0.15, -0.1) is 0 Å². The van der Waals surface area contributed by atoms with Crippen LogP contribution in [-0.4, -0.2) is 39.7 Å². The van der Waals surface area contributed by atoms with E-state index in [1.54, 1.807) is 6.92 Å². The third-order valence-corrected chi connectivity index (χ3v) is 5.33. The van der Waals surface area contributed by atoms with Crippen molar-refractivity contribution in [3.05, 3.63) is 58.6 Å². The van der Waals surface area contributed by atoms with E-state index < -0.39 is 45.9 Å². The first-order valence-corrected chi connectivity index (χ1v) is 11.0. The Labute approximate surface area is 181 Å². The molecule has 0 atom stereocenters. The molecule has 0 spiro atoms. The second-order valence-corrected chi connectivity index (χ2v) is 8.60. The number of carbonyl (C=O) groups excluding carboxylic acids is 2. The lowest BCUT2D eigenvalue weighted by Gasteiger charge is -2.24. The van der Waals surface area contributed by atoms with E-state index in [4.69, 9.17) is 16.3 Å². The highest BCUT2D eigenvalue weighted by atomic mass is 35.5. The van der Waals surface area contributed by atoms with Crippen LogP contribution in [0.5, 0.6) is 0 Å². The van der Waals surface area contributed by atoms with E-state index in [0.29, 0.717) is 16.4 Å². The highest BCUT2D eigenvalue weighted by molar-refractivity contribution is 7.92. The molecule has 0 aliphatic carbocycles. The smallest absolute Gasteiger partial charge is 0.416 e. The first kappa shape index (κ1) is 24.5. The number of ether oxygens (including phenoxy) is 1. The molecule has 12 heteroatoms. The van der Waals surface area contributed by atoms with Crippen molar-refractivity contribution in [2.75, 3.05) is 29.0 Å². The Morgan fingerprint density at radius 2 is 1.84 bits per heavy atom. The number of carbonyl (C=O) groups is 2. The lowest BCUT2D eigenvalue weighted by Crippen LogP contribution is -2.37. The number of rotatable bonds is 7. The summed E-state index contributed by atoms with van der Waals surface area (Å²) in [7, 11) is -4.17. The third kappa shape index (κ3) is 6.59. The van der Waals surface area contributed by atoms with Crippen molar-refractivity contribution in [1.29, 1.82) is 0 Å².